The summed E-state index contributed by atoms with van der Waals surface area (Å²) in [5, 5.41) is 3.95. The number of aromatic amines is 1. The number of nitrogens with one attached hydrogen (secondary N) is 2. The third-order valence-electron chi connectivity index (χ3n) is 7.31. The van der Waals surface area contributed by atoms with E-state index in [9.17, 15) is 18.0 Å². The number of alkyl halides is 3. The second-order valence-corrected chi connectivity index (χ2v) is 10.2. The molecule has 1 aliphatic heterocycles. The van der Waals surface area contributed by atoms with E-state index in [0.717, 1.165) is 48.0 Å². The third kappa shape index (κ3) is 4.95. The van der Waals surface area contributed by atoms with Crippen LogP contribution < -0.4 is 10.1 Å². The van der Waals surface area contributed by atoms with E-state index in [4.69, 9.17) is 9.47 Å². The summed E-state index contributed by atoms with van der Waals surface area (Å²) in [5.41, 5.74) is 1.45. The number of nitrogens with zero attached hydrogens (tertiary/aromatic N) is 1. The molecule has 1 aliphatic carbocycles. The number of benzene rings is 2. The summed E-state index contributed by atoms with van der Waals surface area (Å²) < 4.78 is 49.6. The van der Waals surface area contributed by atoms with Crippen molar-refractivity contribution in [1.82, 2.24) is 9.88 Å². The first-order valence-corrected chi connectivity index (χ1v) is 12.1. The lowest BCUT2D eigenvalue weighted by Gasteiger charge is -2.46. The van der Waals surface area contributed by atoms with Crippen LogP contribution in [0.2, 0.25) is 0 Å². The molecule has 5 rings (SSSR count). The molecule has 0 unspecified atom stereocenters. The molecule has 1 aromatic heterocycles. The van der Waals surface area contributed by atoms with Crippen LogP contribution in [0.25, 0.3) is 10.9 Å². The lowest BCUT2D eigenvalue weighted by Crippen LogP contribution is -2.60. The minimum absolute atomic E-state index is 0.00121. The average Bonchev–Trinajstić information content (AvgIpc) is 3.19. The predicted molar refractivity (Wildman–Crippen MR) is 131 cm³/mol. The molecule has 0 bridgehead atoms. The van der Waals surface area contributed by atoms with Crippen LogP contribution in [0.1, 0.15) is 36.8 Å². The van der Waals surface area contributed by atoms with E-state index in [1.807, 2.05) is 25.1 Å². The lowest BCUT2D eigenvalue weighted by molar-refractivity contribution is -0.137. The fourth-order valence-electron chi connectivity index (χ4n) is 5.08. The van der Waals surface area contributed by atoms with Gasteiger partial charge >= 0.3 is 6.18 Å². The zero-order chi connectivity index (χ0) is 25.5. The Morgan fingerprint density at radius 3 is 2.56 bits per heavy atom. The van der Waals surface area contributed by atoms with Crippen LogP contribution in [0, 0.1) is 5.41 Å². The number of halogens is 3. The molecule has 0 atom stereocenters. The summed E-state index contributed by atoms with van der Waals surface area (Å²) in [6.45, 7) is 4.82. The highest BCUT2D eigenvalue weighted by molar-refractivity contribution is 6.04. The molecule has 1 saturated carbocycles. The fourth-order valence-corrected chi connectivity index (χ4v) is 5.08. The zero-order valence-electron chi connectivity index (χ0n) is 20.3. The van der Waals surface area contributed by atoms with E-state index in [0.29, 0.717) is 31.1 Å². The minimum Gasteiger partial charge on any atom is -0.490 e. The maximum Gasteiger partial charge on any atom is 0.416 e. The number of carbonyl (C=O) groups is 1. The Hall–Kier alpha value is -3.04. The maximum atomic E-state index is 13.0. The van der Waals surface area contributed by atoms with Crippen LogP contribution in [0.15, 0.2) is 48.7 Å². The van der Waals surface area contributed by atoms with Crippen molar-refractivity contribution < 1.29 is 27.4 Å². The van der Waals surface area contributed by atoms with Crippen molar-refractivity contribution in [3.63, 3.8) is 0 Å². The van der Waals surface area contributed by atoms with Crippen molar-refractivity contribution in [1.29, 1.82) is 0 Å². The monoisotopic (exact) mass is 501 g/mol. The molecule has 2 aromatic carbocycles. The maximum absolute atomic E-state index is 13.0. The summed E-state index contributed by atoms with van der Waals surface area (Å²) in [6.07, 6.45) is -1.03. The van der Waals surface area contributed by atoms with Gasteiger partial charge in [0.05, 0.1) is 29.4 Å². The third-order valence-corrected chi connectivity index (χ3v) is 7.31. The molecular formula is C27H30F3N3O3. The van der Waals surface area contributed by atoms with E-state index in [2.05, 4.69) is 15.2 Å². The van der Waals surface area contributed by atoms with Crippen molar-refractivity contribution in [3.05, 3.63) is 59.8 Å². The number of aromatic nitrogens is 1. The molecule has 2 heterocycles. The van der Waals surface area contributed by atoms with Gasteiger partial charge in [-0.25, -0.2) is 0 Å². The van der Waals surface area contributed by atoms with Crippen LogP contribution in [-0.4, -0.2) is 55.2 Å². The number of amides is 1. The second kappa shape index (κ2) is 9.44. The van der Waals surface area contributed by atoms with E-state index < -0.39 is 17.2 Å². The standard InChI is InChI=1S/C27H30F3N3O3/c1-26(15-33(16-26)9-10-35-2)25(34)32-24-14-31-23-8-7-20(13-22(23)24)36-21-11-18(12-21)17-3-5-19(6-4-17)27(28,29)30/h3-8,13-14,18,21,31H,9-12,15-16H2,1-2H3,(H,32,34)/t18-,21+. The molecule has 0 spiro atoms. The van der Waals surface area contributed by atoms with E-state index in [1.54, 1.807) is 25.4 Å². The molecule has 192 valence electrons. The first-order chi connectivity index (χ1) is 17.1. The first kappa shape index (κ1) is 24.6. The molecule has 9 heteroatoms. The Labute approximate surface area is 207 Å². The van der Waals surface area contributed by atoms with E-state index in [-0.39, 0.29) is 17.9 Å². The van der Waals surface area contributed by atoms with E-state index in [1.165, 1.54) is 0 Å². The Balaban J connectivity index is 1.18. The van der Waals surface area contributed by atoms with Gasteiger partial charge in [0.15, 0.2) is 0 Å². The number of hydrogen-bond donors (Lipinski definition) is 2. The average molecular weight is 502 g/mol. The van der Waals surface area contributed by atoms with Crippen LogP contribution in [-0.2, 0) is 15.7 Å². The topological polar surface area (TPSA) is 66.6 Å². The SMILES string of the molecule is COCCN1CC(C)(C(=O)Nc2c[nH]c3ccc(O[C@H]4C[C@@H](c5ccc(C(F)(F)F)cc5)C4)cc23)C1. The van der Waals surface area contributed by atoms with Crippen molar-refractivity contribution >= 4 is 22.5 Å². The molecule has 2 aliphatic rings. The second-order valence-electron chi connectivity index (χ2n) is 10.2. The number of carbonyl (C=O) groups excluding carboxylic acids is 1. The van der Waals surface area contributed by atoms with Crippen molar-refractivity contribution in [2.75, 3.05) is 38.7 Å². The number of fused-ring (bicyclic) bond motifs is 1. The van der Waals surface area contributed by atoms with Crippen molar-refractivity contribution in [2.45, 2.75) is 38.0 Å². The van der Waals surface area contributed by atoms with Gasteiger partial charge in [-0.1, -0.05) is 12.1 Å². The number of hydrogen-bond acceptors (Lipinski definition) is 4. The minimum atomic E-state index is -4.32. The molecule has 2 fully saturated rings. The van der Waals surface area contributed by atoms with Crippen molar-refractivity contribution in [3.8, 4) is 5.75 Å². The van der Waals surface area contributed by atoms with Gasteiger partial charge in [-0.15, -0.1) is 0 Å². The number of H-pyrrole nitrogens is 1. The first-order valence-electron chi connectivity index (χ1n) is 12.1. The summed E-state index contributed by atoms with van der Waals surface area (Å²) in [6, 6.07) is 11.1. The molecule has 3 aromatic rings. The van der Waals surface area contributed by atoms with Gasteiger partial charge in [0, 0.05) is 43.8 Å². The molecule has 2 N–H and O–H groups in total. The molecule has 1 saturated heterocycles. The number of anilines is 1. The van der Waals surface area contributed by atoms with Gasteiger partial charge in [-0.2, -0.15) is 13.2 Å². The molecule has 1 amide bonds. The highest BCUT2D eigenvalue weighted by atomic mass is 19.4. The predicted octanol–water partition coefficient (Wildman–Crippen LogP) is 5.42. The Morgan fingerprint density at radius 2 is 1.89 bits per heavy atom. The number of ether oxygens (including phenoxy) is 2. The van der Waals surface area contributed by atoms with Crippen LogP contribution in [0.5, 0.6) is 5.75 Å². The smallest absolute Gasteiger partial charge is 0.416 e. The van der Waals surface area contributed by atoms with Gasteiger partial charge in [0.2, 0.25) is 5.91 Å². The number of methoxy groups -OCH3 is 1. The fraction of sp³-hybridized carbons (Fsp3) is 0.444. The molecular weight excluding hydrogens is 471 g/mol. The Kier molecular flexibility index (Phi) is 6.46. The summed E-state index contributed by atoms with van der Waals surface area (Å²) in [4.78, 5) is 18.4. The quantitative estimate of drug-likeness (QED) is 0.433. The highest BCUT2D eigenvalue weighted by Crippen LogP contribution is 2.41. The van der Waals surface area contributed by atoms with Crippen molar-refractivity contribution in [2.24, 2.45) is 5.41 Å². The summed E-state index contributed by atoms with van der Waals surface area (Å²) in [5.74, 6) is 0.880. The number of rotatable bonds is 8. The Morgan fingerprint density at radius 1 is 1.17 bits per heavy atom. The van der Waals surface area contributed by atoms with Gasteiger partial charge < -0.3 is 19.8 Å². The Bertz CT molecular complexity index is 1230. The normalized spacial score (nSPS) is 21.6. The zero-order valence-corrected chi connectivity index (χ0v) is 20.3. The summed E-state index contributed by atoms with van der Waals surface area (Å²) in [7, 11) is 1.67. The molecule has 6 nitrogen and oxygen atoms in total. The van der Waals surface area contributed by atoms with Crippen LogP contribution in [0.4, 0.5) is 18.9 Å². The van der Waals surface area contributed by atoms with Gasteiger partial charge in [-0.3, -0.25) is 9.69 Å². The highest BCUT2D eigenvalue weighted by Gasteiger charge is 2.44. The molecule has 0 radical (unpaired) electrons. The van der Waals surface area contributed by atoms with Crippen LogP contribution >= 0.6 is 0 Å². The molecule has 36 heavy (non-hydrogen) atoms. The van der Waals surface area contributed by atoms with Gasteiger partial charge in [-0.05, 0) is 61.6 Å². The number of likely N-dealkylation sites (tertiary alicyclic amines) is 1. The summed E-state index contributed by atoms with van der Waals surface area (Å²) >= 11 is 0. The lowest BCUT2D eigenvalue weighted by atomic mass is 9.77. The van der Waals surface area contributed by atoms with Crippen LogP contribution in [0.3, 0.4) is 0 Å². The largest absolute Gasteiger partial charge is 0.490 e. The van der Waals surface area contributed by atoms with E-state index >= 15 is 0 Å². The van der Waals surface area contributed by atoms with Gasteiger partial charge in [0.25, 0.3) is 0 Å². The van der Waals surface area contributed by atoms with Gasteiger partial charge in [0.1, 0.15) is 5.75 Å².